The maximum absolute atomic E-state index is 12.1. The molecule has 1 aromatic rings. The number of nitrogens with one attached hydrogen (secondary N) is 1. The molecule has 0 heterocycles. The van der Waals surface area contributed by atoms with Gasteiger partial charge in [-0.15, -0.1) is 0 Å². The lowest BCUT2D eigenvalue weighted by atomic mass is 10.2. The van der Waals surface area contributed by atoms with Crippen molar-refractivity contribution < 1.29 is 14.7 Å². The topological polar surface area (TPSA) is 95.7 Å². The molecule has 0 aromatic heterocycles. The molecular formula is C13H19N3O3. The quantitative estimate of drug-likeness (QED) is 0.709. The number of nitrogens with two attached hydrogens (primary N) is 1. The molecule has 2 amide bonds. The van der Waals surface area contributed by atoms with Crippen LogP contribution in [-0.4, -0.2) is 34.6 Å². The van der Waals surface area contributed by atoms with E-state index in [1.54, 1.807) is 38.1 Å². The molecule has 0 saturated carbocycles. The second kappa shape index (κ2) is 6.63. The summed E-state index contributed by atoms with van der Waals surface area (Å²) < 4.78 is 0. The molecule has 6 heteroatoms. The third-order valence-corrected chi connectivity index (χ3v) is 2.81. The van der Waals surface area contributed by atoms with Crippen LogP contribution in [0.1, 0.15) is 20.3 Å². The minimum Gasteiger partial charge on any atom is -0.481 e. The average Bonchev–Trinajstić information content (AvgIpc) is 2.32. The van der Waals surface area contributed by atoms with Crippen molar-refractivity contribution in [1.82, 2.24) is 4.90 Å². The summed E-state index contributed by atoms with van der Waals surface area (Å²) in [6.07, 6.45) is -0.0917. The first-order chi connectivity index (χ1) is 8.95. The van der Waals surface area contributed by atoms with Gasteiger partial charge in [0.15, 0.2) is 0 Å². The lowest BCUT2D eigenvalue weighted by Crippen LogP contribution is -2.42. The van der Waals surface area contributed by atoms with Gasteiger partial charge in [-0.25, -0.2) is 4.79 Å². The number of para-hydroxylation sites is 2. The van der Waals surface area contributed by atoms with Gasteiger partial charge in [0.05, 0.1) is 17.8 Å². The van der Waals surface area contributed by atoms with E-state index in [-0.39, 0.29) is 18.5 Å². The molecule has 0 radical (unpaired) electrons. The van der Waals surface area contributed by atoms with Crippen LogP contribution in [0.15, 0.2) is 24.3 Å². The molecule has 1 atom stereocenters. The number of carboxylic acid groups (broad SMARTS) is 1. The highest BCUT2D eigenvalue weighted by atomic mass is 16.4. The van der Waals surface area contributed by atoms with Crippen molar-refractivity contribution in [3.8, 4) is 0 Å². The van der Waals surface area contributed by atoms with Crippen LogP contribution in [0, 0.1) is 0 Å². The third kappa shape index (κ3) is 4.17. The van der Waals surface area contributed by atoms with Crippen LogP contribution in [0.2, 0.25) is 0 Å². The smallest absolute Gasteiger partial charge is 0.322 e. The molecule has 1 rings (SSSR count). The van der Waals surface area contributed by atoms with Gasteiger partial charge in [-0.05, 0) is 26.0 Å². The van der Waals surface area contributed by atoms with Crippen LogP contribution >= 0.6 is 0 Å². The Morgan fingerprint density at radius 3 is 2.58 bits per heavy atom. The van der Waals surface area contributed by atoms with Gasteiger partial charge in [-0.3, -0.25) is 4.79 Å². The number of carbonyl (C=O) groups excluding carboxylic acids is 1. The van der Waals surface area contributed by atoms with E-state index < -0.39 is 5.97 Å². The molecule has 1 aromatic carbocycles. The summed E-state index contributed by atoms with van der Waals surface area (Å²) in [4.78, 5) is 24.2. The number of carbonyl (C=O) groups is 2. The first-order valence-electron chi connectivity index (χ1n) is 6.09. The highest BCUT2D eigenvalue weighted by molar-refractivity contribution is 5.92. The second-order valence-corrected chi connectivity index (χ2v) is 4.25. The number of aliphatic carboxylic acids is 1. The normalized spacial score (nSPS) is 11.7. The molecule has 0 saturated heterocycles. The zero-order valence-corrected chi connectivity index (χ0v) is 11.1. The molecule has 0 fully saturated rings. The number of benzene rings is 1. The minimum absolute atomic E-state index is 0.0917. The van der Waals surface area contributed by atoms with E-state index in [4.69, 9.17) is 10.8 Å². The highest BCUT2D eigenvalue weighted by Gasteiger charge is 2.21. The average molecular weight is 265 g/mol. The summed E-state index contributed by atoms with van der Waals surface area (Å²) in [6.45, 7) is 3.92. The molecule has 0 aliphatic heterocycles. The summed E-state index contributed by atoms with van der Waals surface area (Å²) >= 11 is 0. The first-order valence-corrected chi connectivity index (χ1v) is 6.09. The van der Waals surface area contributed by atoms with E-state index in [0.717, 1.165) is 0 Å². The number of anilines is 2. The van der Waals surface area contributed by atoms with E-state index in [0.29, 0.717) is 17.9 Å². The van der Waals surface area contributed by atoms with Gasteiger partial charge >= 0.3 is 12.0 Å². The Morgan fingerprint density at radius 2 is 2.05 bits per heavy atom. The maximum Gasteiger partial charge on any atom is 0.322 e. The lowest BCUT2D eigenvalue weighted by molar-refractivity contribution is -0.137. The fourth-order valence-electron chi connectivity index (χ4n) is 1.82. The highest BCUT2D eigenvalue weighted by Crippen LogP contribution is 2.18. The van der Waals surface area contributed by atoms with Gasteiger partial charge in [-0.1, -0.05) is 12.1 Å². The number of hydrogen-bond donors (Lipinski definition) is 3. The fourth-order valence-corrected chi connectivity index (χ4v) is 1.82. The minimum atomic E-state index is -0.932. The van der Waals surface area contributed by atoms with Gasteiger partial charge in [0.2, 0.25) is 0 Å². The number of urea groups is 1. The Morgan fingerprint density at radius 1 is 1.42 bits per heavy atom. The molecule has 0 spiro atoms. The van der Waals surface area contributed by atoms with Crippen LogP contribution in [0.4, 0.5) is 16.2 Å². The van der Waals surface area contributed by atoms with Gasteiger partial charge < -0.3 is 21.1 Å². The van der Waals surface area contributed by atoms with E-state index in [1.165, 1.54) is 4.90 Å². The van der Waals surface area contributed by atoms with Gasteiger partial charge in [0, 0.05) is 12.6 Å². The predicted molar refractivity (Wildman–Crippen MR) is 74.0 cm³/mol. The van der Waals surface area contributed by atoms with E-state index in [2.05, 4.69) is 5.32 Å². The van der Waals surface area contributed by atoms with Crippen LogP contribution in [0.3, 0.4) is 0 Å². The lowest BCUT2D eigenvalue weighted by Gasteiger charge is -2.27. The van der Waals surface area contributed by atoms with Gasteiger partial charge in [0.1, 0.15) is 0 Å². The Hall–Kier alpha value is -2.24. The number of hydrogen-bond acceptors (Lipinski definition) is 3. The number of nitrogen functional groups attached to an aromatic ring is 1. The summed E-state index contributed by atoms with van der Waals surface area (Å²) in [5, 5.41) is 11.4. The number of carboxylic acids is 1. The molecule has 0 aliphatic carbocycles. The number of nitrogens with zero attached hydrogens (tertiary/aromatic N) is 1. The summed E-state index contributed by atoms with van der Waals surface area (Å²) in [5.41, 5.74) is 6.73. The number of rotatable bonds is 5. The van der Waals surface area contributed by atoms with Crippen molar-refractivity contribution in [2.75, 3.05) is 17.6 Å². The molecule has 0 bridgehead atoms. The van der Waals surface area contributed by atoms with Gasteiger partial charge in [0.25, 0.3) is 0 Å². The molecule has 1 unspecified atom stereocenters. The van der Waals surface area contributed by atoms with Crippen molar-refractivity contribution in [3.05, 3.63) is 24.3 Å². The largest absolute Gasteiger partial charge is 0.481 e. The summed E-state index contributed by atoms with van der Waals surface area (Å²) in [7, 11) is 0. The van der Waals surface area contributed by atoms with Crippen LogP contribution in [0.25, 0.3) is 0 Å². The first kappa shape index (κ1) is 14.8. The number of amides is 2. The van der Waals surface area contributed by atoms with Crippen molar-refractivity contribution in [1.29, 1.82) is 0 Å². The monoisotopic (exact) mass is 265 g/mol. The molecule has 104 valence electrons. The molecule has 0 aliphatic rings. The van der Waals surface area contributed by atoms with Crippen LogP contribution in [0.5, 0.6) is 0 Å². The van der Waals surface area contributed by atoms with E-state index in [1.807, 2.05) is 0 Å². The Balaban J connectivity index is 2.74. The Bertz CT molecular complexity index is 462. The molecule has 6 nitrogen and oxygen atoms in total. The summed E-state index contributed by atoms with van der Waals surface area (Å²) in [6, 6.07) is 6.19. The van der Waals surface area contributed by atoms with E-state index >= 15 is 0 Å². The van der Waals surface area contributed by atoms with E-state index in [9.17, 15) is 9.59 Å². The third-order valence-electron chi connectivity index (χ3n) is 2.81. The van der Waals surface area contributed by atoms with Crippen LogP contribution in [-0.2, 0) is 4.79 Å². The Labute approximate surface area is 112 Å². The van der Waals surface area contributed by atoms with Crippen molar-refractivity contribution in [2.24, 2.45) is 0 Å². The molecule has 19 heavy (non-hydrogen) atoms. The van der Waals surface area contributed by atoms with Crippen molar-refractivity contribution in [3.63, 3.8) is 0 Å². The predicted octanol–water partition coefficient (Wildman–Crippen LogP) is 1.99. The van der Waals surface area contributed by atoms with Gasteiger partial charge in [-0.2, -0.15) is 0 Å². The van der Waals surface area contributed by atoms with Crippen LogP contribution < -0.4 is 11.1 Å². The zero-order valence-electron chi connectivity index (χ0n) is 11.1. The molecule has 4 N–H and O–H groups in total. The molecular weight excluding hydrogens is 246 g/mol. The Kier molecular flexibility index (Phi) is 5.17. The second-order valence-electron chi connectivity index (χ2n) is 4.25. The van der Waals surface area contributed by atoms with Crippen molar-refractivity contribution >= 4 is 23.4 Å². The zero-order chi connectivity index (χ0) is 14.4. The van der Waals surface area contributed by atoms with Crippen molar-refractivity contribution in [2.45, 2.75) is 26.3 Å². The standard InChI is InChI=1S/C13H19N3O3/c1-3-16(9(2)8-12(17)18)13(19)15-11-7-5-4-6-10(11)14/h4-7,9H,3,8,14H2,1-2H3,(H,15,19)(H,17,18). The maximum atomic E-state index is 12.1. The summed E-state index contributed by atoms with van der Waals surface area (Å²) in [5.74, 6) is -0.932. The SMILES string of the molecule is CCN(C(=O)Nc1ccccc1N)C(C)CC(=O)O. The fraction of sp³-hybridized carbons (Fsp3) is 0.385.